The highest BCUT2D eigenvalue weighted by Gasteiger charge is 2.14. The van der Waals surface area contributed by atoms with Gasteiger partial charge in [-0.1, -0.05) is 0 Å². The van der Waals surface area contributed by atoms with E-state index in [9.17, 15) is 5.21 Å². The molecule has 2 N–H and O–H groups in total. The van der Waals surface area contributed by atoms with Gasteiger partial charge in [0, 0.05) is 0 Å². The van der Waals surface area contributed by atoms with E-state index in [0.29, 0.717) is 5.92 Å². The van der Waals surface area contributed by atoms with Gasteiger partial charge in [0.2, 0.25) is 0 Å². The van der Waals surface area contributed by atoms with Gasteiger partial charge in [-0.15, -0.1) is 0 Å². The second-order valence-electron chi connectivity index (χ2n) is 2.97. The van der Waals surface area contributed by atoms with Crippen LogP contribution in [0.25, 0.3) is 0 Å². The zero-order valence-electron chi connectivity index (χ0n) is 6.25. The van der Waals surface area contributed by atoms with E-state index < -0.39 is 0 Å². The number of hydrogen-bond donors (Lipinski definition) is 1. The maximum absolute atomic E-state index is 10.7. The molecule has 1 fully saturated rings. The van der Waals surface area contributed by atoms with Gasteiger partial charge in [-0.05, 0) is 44.8 Å². The summed E-state index contributed by atoms with van der Waals surface area (Å²) in [7, 11) is 0. The first-order chi connectivity index (χ1) is 4.83. The second-order valence-corrected chi connectivity index (χ2v) is 2.97. The number of hydroxylamine groups is 2. The van der Waals surface area contributed by atoms with E-state index in [2.05, 4.69) is 0 Å². The van der Waals surface area contributed by atoms with Crippen molar-refractivity contribution >= 4 is 0 Å². The molecular weight excluding hydrogens is 128 g/mol. The summed E-state index contributed by atoms with van der Waals surface area (Å²) < 4.78 is 0. The number of hydrogen-bond acceptors (Lipinski definition) is 3. The van der Waals surface area contributed by atoms with Crippen molar-refractivity contribution in [3.05, 3.63) is 5.21 Å². The average molecular weight is 143 g/mol. The van der Waals surface area contributed by atoms with Gasteiger partial charge in [-0.3, -0.25) is 0 Å². The Labute approximate surface area is 61.8 Å². The largest absolute Gasteiger partial charge is 0.785 e. The Bertz CT molecular complexity index is 97.6. The van der Waals surface area contributed by atoms with Gasteiger partial charge in [0.1, 0.15) is 0 Å². The fraction of sp³-hybridized carbons (Fsp3) is 1.00. The smallest absolute Gasteiger partial charge is 0.00772 e. The summed E-state index contributed by atoms with van der Waals surface area (Å²) in [4.78, 5) is 0. The van der Waals surface area contributed by atoms with Gasteiger partial charge in [-0.2, -0.15) is 0 Å². The highest BCUT2D eigenvalue weighted by atomic mass is 16.5. The Balaban J connectivity index is 2.06. The van der Waals surface area contributed by atoms with Crippen LogP contribution in [0.2, 0.25) is 0 Å². The minimum atomic E-state index is 0.626. The third kappa shape index (κ3) is 2.25. The average Bonchev–Trinajstić information content (AvgIpc) is 2.31. The summed E-state index contributed by atoms with van der Waals surface area (Å²) in [5.41, 5.74) is 5.35. The summed E-state index contributed by atoms with van der Waals surface area (Å²) in [6.07, 6.45) is 3.28. The molecular formula is C7H15N2O-. The maximum Gasteiger partial charge on any atom is -0.00772 e. The predicted octanol–water partition coefficient (Wildman–Crippen LogP) is 0.545. The molecule has 0 amide bonds. The topological polar surface area (TPSA) is 52.3 Å². The first-order valence-electron chi connectivity index (χ1n) is 3.95. The van der Waals surface area contributed by atoms with Crippen LogP contribution in [0, 0.1) is 11.1 Å². The highest BCUT2D eigenvalue weighted by molar-refractivity contribution is 4.75. The monoisotopic (exact) mass is 143 g/mol. The molecule has 0 aromatic rings. The molecule has 0 radical (unpaired) electrons. The van der Waals surface area contributed by atoms with E-state index in [-0.39, 0.29) is 0 Å². The molecule has 60 valence electrons. The van der Waals surface area contributed by atoms with Gasteiger partial charge in [-0.25, -0.2) is 0 Å². The zero-order valence-corrected chi connectivity index (χ0v) is 6.25. The molecule has 0 spiro atoms. The van der Waals surface area contributed by atoms with Crippen LogP contribution in [0.3, 0.4) is 0 Å². The molecule has 0 saturated carbocycles. The summed E-state index contributed by atoms with van der Waals surface area (Å²) in [5.74, 6) is 0.626. The third-order valence-electron chi connectivity index (χ3n) is 2.07. The normalized spacial score (nSPS) is 27.6. The molecule has 1 aliphatic heterocycles. The summed E-state index contributed by atoms with van der Waals surface area (Å²) in [6.45, 7) is 2.23. The van der Waals surface area contributed by atoms with E-state index in [1.807, 2.05) is 0 Å². The van der Waals surface area contributed by atoms with E-state index in [0.717, 1.165) is 44.0 Å². The molecule has 1 rings (SSSR count). The lowest BCUT2D eigenvalue weighted by atomic mass is 10.0. The highest BCUT2D eigenvalue weighted by Crippen LogP contribution is 2.19. The maximum atomic E-state index is 10.7. The molecule has 3 heteroatoms. The molecule has 0 bridgehead atoms. The number of rotatable bonds is 3. The van der Waals surface area contributed by atoms with Crippen LogP contribution < -0.4 is 5.73 Å². The van der Waals surface area contributed by atoms with E-state index in [4.69, 9.17) is 5.73 Å². The fourth-order valence-electron chi connectivity index (χ4n) is 1.44. The molecule has 1 saturated heterocycles. The molecule has 0 aliphatic carbocycles. The first kappa shape index (κ1) is 7.98. The molecule has 1 unspecified atom stereocenters. The zero-order chi connectivity index (χ0) is 7.40. The molecule has 1 heterocycles. The predicted molar refractivity (Wildman–Crippen MR) is 41.3 cm³/mol. The lowest BCUT2D eigenvalue weighted by Gasteiger charge is -2.20. The van der Waals surface area contributed by atoms with Crippen LogP contribution in [-0.4, -0.2) is 24.7 Å². The Morgan fingerprint density at radius 3 is 2.90 bits per heavy atom. The molecule has 0 aromatic carbocycles. The van der Waals surface area contributed by atoms with Gasteiger partial charge < -0.3 is 16.0 Å². The molecule has 3 nitrogen and oxygen atoms in total. The van der Waals surface area contributed by atoms with Crippen LogP contribution >= 0.6 is 0 Å². The molecule has 1 atom stereocenters. The van der Waals surface area contributed by atoms with Gasteiger partial charge in [0.05, 0.1) is 0 Å². The van der Waals surface area contributed by atoms with E-state index in [1.54, 1.807) is 0 Å². The standard InChI is InChI=1S/C7H15N2O/c8-4-1-2-7-3-5-9(10)6-7/h7H,1-6,8H2/q-1. The summed E-state index contributed by atoms with van der Waals surface area (Å²) in [5, 5.41) is 11.9. The minimum absolute atomic E-state index is 0.626. The number of nitrogens with zero attached hydrogens (tertiary/aromatic N) is 1. The van der Waals surface area contributed by atoms with E-state index >= 15 is 0 Å². The Kier molecular flexibility index (Phi) is 3.12. The van der Waals surface area contributed by atoms with Crippen molar-refractivity contribution in [1.82, 2.24) is 5.06 Å². The quantitative estimate of drug-likeness (QED) is 0.627. The number of nitrogens with two attached hydrogens (primary N) is 1. The van der Waals surface area contributed by atoms with E-state index in [1.165, 1.54) is 0 Å². The fourth-order valence-corrected chi connectivity index (χ4v) is 1.44. The second kappa shape index (κ2) is 3.91. The minimum Gasteiger partial charge on any atom is -0.785 e. The van der Waals surface area contributed by atoms with Crippen LogP contribution in [0.15, 0.2) is 0 Å². The van der Waals surface area contributed by atoms with Crippen LogP contribution in [0.5, 0.6) is 0 Å². The van der Waals surface area contributed by atoms with Crippen molar-refractivity contribution < 1.29 is 0 Å². The Hall–Kier alpha value is -0.120. The van der Waals surface area contributed by atoms with Crippen molar-refractivity contribution in [2.45, 2.75) is 19.3 Å². The van der Waals surface area contributed by atoms with Crippen molar-refractivity contribution in [2.75, 3.05) is 19.6 Å². The van der Waals surface area contributed by atoms with Crippen molar-refractivity contribution in [3.8, 4) is 0 Å². The van der Waals surface area contributed by atoms with Crippen molar-refractivity contribution in [2.24, 2.45) is 11.7 Å². The van der Waals surface area contributed by atoms with Crippen LogP contribution in [-0.2, 0) is 0 Å². The molecule has 1 aliphatic rings. The van der Waals surface area contributed by atoms with Gasteiger partial charge >= 0.3 is 0 Å². The Morgan fingerprint density at radius 2 is 2.40 bits per heavy atom. The molecule has 0 aromatic heterocycles. The van der Waals surface area contributed by atoms with Crippen LogP contribution in [0.4, 0.5) is 0 Å². The summed E-state index contributed by atoms with van der Waals surface area (Å²) in [6, 6.07) is 0. The van der Waals surface area contributed by atoms with Crippen LogP contribution in [0.1, 0.15) is 19.3 Å². The van der Waals surface area contributed by atoms with Crippen molar-refractivity contribution in [3.63, 3.8) is 0 Å². The Morgan fingerprint density at radius 1 is 1.60 bits per heavy atom. The third-order valence-corrected chi connectivity index (χ3v) is 2.07. The van der Waals surface area contributed by atoms with Crippen molar-refractivity contribution in [1.29, 1.82) is 0 Å². The van der Waals surface area contributed by atoms with Gasteiger partial charge in [0.15, 0.2) is 0 Å². The lowest BCUT2D eigenvalue weighted by Crippen LogP contribution is -2.12. The lowest BCUT2D eigenvalue weighted by molar-refractivity contribution is 0.424. The SMILES string of the molecule is NCCCC1CCN([O-])C1. The molecule has 10 heavy (non-hydrogen) atoms. The summed E-state index contributed by atoms with van der Waals surface area (Å²) >= 11 is 0. The first-order valence-corrected chi connectivity index (χ1v) is 3.95. The van der Waals surface area contributed by atoms with Gasteiger partial charge in [0.25, 0.3) is 0 Å².